The van der Waals surface area contributed by atoms with Gasteiger partial charge in [0.15, 0.2) is 0 Å². The molecule has 0 amide bonds. The number of carboxylic acid groups (broad SMARTS) is 1. The number of hydrogen-bond donors (Lipinski definition) is 1. The average Bonchev–Trinajstić information content (AvgIpc) is 1.31. The van der Waals surface area contributed by atoms with Crippen LogP contribution in [-0.2, 0) is 4.79 Å². The molecule has 0 atom stereocenters. The summed E-state index contributed by atoms with van der Waals surface area (Å²) in [6, 6.07) is 0. The fraction of sp³-hybridized carbons (Fsp3) is 0.500. The van der Waals surface area contributed by atoms with Crippen molar-refractivity contribution in [3.05, 3.63) is 0 Å². The standard InChI is InChI=1S/C2HCl3O2.4ClH.Sn/c3-2(4,5)1(6)7;;;;;/h(H,6,7);4*1H;/q;;;;;+4/p-4. The number of aliphatic carboxylic acids is 1. The summed E-state index contributed by atoms with van der Waals surface area (Å²) in [5.41, 5.74) is 0. The van der Waals surface area contributed by atoms with E-state index >= 15 is 0 Å². The summed E-state index contributed by atoms with van der Waals surface area (Å²) in [7, 11) is 0. The third kappa shape index (κ3) is 22.8. The van der Waals surface area contributed by atoms with Gasteiger partial charge in [-0.3, -0.25) is 0 Å². The zero-order chi connectivity index (χ0) is 6.08. The van der Waals surface area contributed by atoms with Gasteiger partial charge in [0.2, 0.25) is 0 Å². The molecular weight excluding hydrogens is 423 g/mol. The summed E-state index contributed by atoms with van der Waals surface area (Å²) >= 11 is 14.4. The van der Waals surface area contributed by atoms with Gasteiger partial charge in [-0.2, -0.15) is 0 Å². The molecule has 0 bridgehead atoms. The van der Waals surface area contributed by atoms with E-state index in [1.807, 2.05) is 0 Å². The zero-order valence-electron chi connectivity index (χ0n) is 5.00. The number of alkyl halides is 3. The van der Waals surface area contributed by atoms with Crippen LogP contribution in [0.3, 0.4) is 0 Å². The van der Waals surface area contributed by atoms with Gasteiger partial charge in [0.25, 0.3) is 3.79 Å². The molecule has 0 unspecified atom stereocenters. The van der Waals surface area contributed by atoms with Crippen molar-refractivity contribution in [1.29, 1.82) is 0 Å². The van der Waals surface area contributed by atoms with Crippen molar-refractivity contribution >= 4 is 64.7 Å². The molecule has 0 aromatic rings. The summed E-state index contributed by atoms with van der Waals surface area (Å²) in [6.07, 6.45) is 0. The number of halogens is 7. The van der Waals surface area contributed by atoms with E-state index in [0.29, 0.717) is 0 Å². The minimum Gasteiger partial charge on any atom is -1.00 e. The molecule has 2 nitrogen and oxygen atoms in total. The smallest absolute Gasteiger partial charge is 1.00 e. The van der Waals surface area contributed by atoms with Crippen LogP contribution in [-0.4, -0.2) is 38.8 Å². The Hall–Kier alpha value is 2.30. The Morgan fingerprint density at radius 1 is 1.00 bits per heavy atom. The van der Waals surface area contributed by atoms with Gasteiger partial charge in [-0.05, 0) is 0 Å². The second-order valence-electron chi connectivity index (χ2n) is 0.803. The molecule has 10 heteroatoms. The predicted octanol–water partition coefficient (Wildman–Crippen LogP) is -10.9. The van der Waals surface area contributed by atoms with Crippen LogP contribution in [0.4, 0.5) is 0 Å². The fourth-order valence-corrected chi connectivity index (χ4v) is 0. The van der Waals surface area contributed by atoms with E-state index in [9.17, 15) is 4.79 Å². The Morgan fingerprint density at radius 2 is 1.08 bits per heavy atom. The van der Waals surface area contributed by atoms with E-state index in [-0.39, 0.29) is 73.5 Å². The Kier molecular flexibility index (Phi) is 48.2. The van der Waals surface area contributed by atoms with Crippen LogP contribution in [0.1, 0.15) is 0 Å². The van der Waals surface area contributed by atoms with Gasteiger partial charge in [0, 0.05) is 0 Å². The molecule has 0 aromatic carbocycles. The molecule has 0 aliphatic rings. The largest absolute Gasteiger partial charge is 4.00 e. The molecule has 0 radical (unpaired) electrons. The van der Waals surface area contributed by atoms with Crippen LogP contribution in [0.25, 0.3) is 0 Å². The van der Waals surface area contributed by atoms with Gasteiger partial charge >= 0.3 is 29.9 Å². The molecule has 0 aliphatic heterocycles. The van der Waals surface area contributed by atoms with Crippen molar-refractivity contribution in [2.24, 2.45) is 0 Å². The maximum atomic E-state index is 9.62. The first-order valence-corrected chi connectivity index (χ1v) is 2.38. The molecule has 0 spiro atoms. The molecule has 74 valence electrons. The summed E-state index contributed by atoms with van der Waals surface area (Å²) < 4.78 is -2.17. The molecule has 0 rings (SSSR count). The van der Waals surface area contributed by atoms with Crippen molar-refractivity contribution in [3.63, 3.8) is 0 Å². The molecule has 0 fully saturated rings. The Bertz CT molecular complexity index is 91.9. The molecular formula is C2HCl7O2Sn. The Labute approximate surface area is 127 Å². The second kappa shape index (κ2) is 15.8. The maximum absolute atomic E-state index is 9.62. The fourth-order valence-electron chi connectivity index (χ4n) is 0. The number of carbonyl (C=O) groups is 1. The van der Waals surface area contributed by atoms with Crippen molar-refractivity contribution in [1.82, 2.24) is 0 Å². The monoisotopic (exact) mass is 422 g/mol. The van der Waals surface area contributed by atoms with E-state index < -0.39 is 9.76 Å². The van der Waals surface area contributed by atoms with Crippen molar-refractivity contribution in [2.75, 3.05) is 0 Å². The first-order valence-electron chi connectivity index (χ1n) is 1.24. The van der Waals surface area contributed by atoms with Crippen LogP contribution < -0.4 is 49.6 Å². The minimum absolute atomic E-state index is 0. The molecule has 0 aromatic heterocycles. The normalized spacial score (nSPS) is 6.58. The van der Waals surface area contributed by atoms with Crippen molar-refractivity contribution in [2.45, 2.75) is 3.79 Å². The zero-order valence-corrected chi connectivity index (χ0v) is 13.1. The molecule has 0 aliphatic carbocycles. The van der Waals surface area contributed by atoms with Gasteiger partial charge in [-0.1, -0.05) is 34.8 Å². The van der Waals surface area contributed by atoms with E-state index in [0.717, 1.165) is 0 Å². The first kappa shape index (κ1) is 36.7. The van der Waals surface area contributed by atoms with Crippen LogP contribution in [0.15, 0.2) is 0 Å². The second-order valence-corrected chi connectivity index (χ2v) is 3.08. The van der Waals surface area contributed by atoms with E-state index in [4.69, 9.17) is 39.9 Å². The van der Waals surface area contributed by atoms with E-state index in [1.165, 1.54) is 0 Å². The van der Waals surface area contributed by atoms with Crippen LogP contribution in [0, 0.1) is 0 Å². The summed E-state index contributed by atoms with van der Waals surface area (Å²) in [4.78, 5) is 9.62. The van der Waals surface area contributed by atoms with Gasteiger partial charge < -0.3 is 54.7 Å². The number of hydrogen-bond acceptors (Lipinski definition) is 1. The Balaban J connectivity index is -0.0000000180. The van der Waals surface area contributed by atoms with Crippen molar-refractivity contribution < 1.29 is 59.5 Å². The van der Waals surface area contributed by atoms with Crippen molar-refractivity contribution in [3.8, 4) is 0 Å². The van der Waals surface area contributed by atoms with Crippen LogP contribution >= 0.6 is 34.8 Å². The van der Waals surface area contributed by atoms with Gasteiger partial charge in [0.05, 0.1) is 0 Å². The van der Waals surface area contributed by atoms with Crippen LogP contribution in [0.5, 0.6) is 0 Å². The van der Waals surface area contributed by atoms with Gasteiger partial charge in [-0.25, -0.2) is 4.79 Å². The SMILES string of the molecule is O=C(O)C(Cl)(Cl)Cl.[Cl-].[Cl-].[Cl-].[Cl-].[Sn+4]. The quantitative estimate of drug-likeness (QED) is 0.310. The average molecular weight is 424 g/mol. The number of rotatable bonds is 0. The Morgan fingerprint density at radius 3 is 1.08 bits per heavy atom. The first-order chi connectivity index (χ1) is 2.94. The molecule has 12 heavy (non-hydrogen) atoms. The summed E-state index contributed by atoms with van der Waals surface area (Å²) in [5, 5.41) is 7.85. The van der Waals surface area contributed by atoms with E-state index in [2.05, 4.69) is 0 Å². The minimum atomic E-state index is -2.17. The van der Waals surface area contributed by atoms with Gasteiger partial charge in [0.1, 0.15) is 0 Å². The topological polar surface area (TPSA) is 37.3 Å². The third-order valence-electron chi connectivity index (χ3n) is 0.243. The third-order valence-corrected chi connectivity index (χ3v) is 0.728. The summed E-state index contributed by atoms with van der Waals surface area (Å²) in [6.45, 7) is 0. The molecule has 0 heterocycles. The molecule has 1 N–H and O–H groups in total. The maximum Gasteiger partial charge on any atom is 4.00 e. The van der Waals surface area contributed by atoms with Gasteiger partial charge in [-0.15, -0.1) is 0 Å². The predicted molar refractivity (Wildman–Crippen MR) is 33.7 cm³/mol. The van der Waals surface area contributed by atoms with E-state index in [1.54, 1.807) is 0 Å². The molecule has 0 saturated carbocycles. The van der Waals surface area contributed by atoms with Crippen LogP contribution in [0.2, 0.25) is 0 Å². The summed E-state index contributed by atoms with van der Waals surface area (Å²) in [5.74, 6) is -1.46. The number of carboxylic acids is 1. The molecule has 0 saturated heterocycles.